The zero-order valence-electron chi connectivity index (χ0n) is 13.5. The highest BCUT2D eigenvalue weighted by molar-refractivity contribution is 7.08. The third-order valence-corrected chi connectivity index (χ3v) is 4.10. The molecule has 3 aromatic rings. The summed E-state index contributed by atoms with van der Waals surface area (Å²) in [6.45, 7) is 1.93. The summed E-state index contributed by atoms with van der Waals surface area (Å²) in [7, 11) is 1.58. The summed E-state index contributed by atoms with van der Waals surface area (Å²) < 4.78 is 15.3. The SMILES string of the molecule is CCOC(=O)c1nnsc1-n1cc(C=O)c(-c2ccc(OC)cc2)n1. The van der Waals surface area contributed by atoms with Crippen molar-refractivity contribution in [2.45, 2.75) is 6.92 Å². The van der Waals surface area contributed by atoms with Crippen molar-refractivity contribution in [1.82, 2.24) is 19.4 Å². The summed E-state index contributed by atoms with van der Waals surface area (Å²) in [5.74, 6) is 0.118. The molecule has 2 heterocycles. The van der Waals surface area contributed by atoms with Gasteiger partial charge in [0.15, 0.2) is 11.3 Å². The van der Waals surface area contributed by atoms with E-state index < -0.39 is 5.97 Å². The fraction of sp³-hybridized carbons (Fsp3) is 0.188. The Morgan fingerprint density at radius 2 is 2.08 bits per heavy atom. The molecule has 3 rings (SSSR count). The van der Waals surface area contributed by atoms with Crippen LogP contribution in [0.25, 0.3) is 16.3 Å². The van der Waals surface area contributed by atoms with Crippen LogP contribution in [0, 0.1) is 0 Å². The Bertz CT molecular complexity index is 901. The molecule has 0 aliphatic rings. The second kappa shape index (κ2) is 7.22. The number of aldehydes is 1. The fourth-order valence-corrected chi connectivity index (χ4v) is 2.80. The first-order chi connectivity index (χ1) is 12.2. The van der Waals surface area contributed by atoms with Gasteiger partial charge < -0.3 is 9.47 Å². The van der Waals surface area contributed by atoms with Crippen molar-refractivity contribution in [3.63, 3.8) is 0 Å². The molecule has 0 N–H and O–H groups in total. The van der Waals surface area contributed by atoms with Crippen LogP contribution >= 0.6 is 11.5 Å². The van der Waals surface area contributed by atoms with Gasteiger partial charge in [-0.05, 0) is 31.2 Å². The summed E-state index contributed by atoms with van der Waals surface area (Å²) in [5.41, 5.74) is 1.68. The van der Waals surface area contributed by atoms with E-state index in [2.05, 4.69) is 14.7 Å². The second-order valence-corrected chi connectivity index (χ2v) is 5.60. The zero-order valence-corrected chi connectivity index (χ0v) is 14.3. The highest BCUT2D eigenvalue weighted by Gasteiger charge is 2.21. The molecule has 0 saturated carbocycles. The first-order valence-electron chi connectivity index (χ1n) is 7.37. The molecule has 0 aliphatic heterocycles. The molecule has 0 fully saturated rings. The Kier molecular flexibility index (Phi) is 4.85. The van der Waals surface area contributed by atoms with E-state index in [0.29, 0.717) is 28.3 Å². The average molecular weight is 358 g/mol. The molecule has 0 unspecified atom stereocenters. The number of rotatable bonds is 6. The maximum atomic E-state index is 12.0. The number of esters is 1. The Morgan fingerprint density at radius 1 is 1.32 bits per heavy atom. The topological polar surface area (TPSA) is 96.2 Å². The number of ether oxygens (including phenoxy) is 2. The summed E-state index contributed by atoms with van der Waals surface area (Å²) in [4.78, 5) is 23.4. The van der Waals surface area contributed by atoms with E-state index in [1.54, 1.807) is 38.3 Å². The highest BCUT2D eigenvalue weighted by Crippen LogP contribution is 2.26. The molecule has 0 aliphatic carbocycles. The smallest absolute Gasteiger partial charge is 0.362 e. The maximum absolute atomic E-state index is 12.0. The van der Waals surface area contributed by atoms with Crippen LogP contribution in [0.3, 0.4) is 0 Å². The third-order valence-electron chi connectivity index (χ3n) is 3.38. The van der Waals surface area contributed by atoms with Gasteiger partial charge in [0.1, 0.15) is 11.4 Å². The molecule has 25 heavy (non-hydrogen) atoms. The lowest BCUT2D eigenvalue weighted by molar-refractivity contribution is 0.0519. The van der Waals surface area contributed by atoms with Gasteiger partial charge >= 0.3 is 5.97 Å². The number of nitrogens with zero attached hydrogens (tertiary/aromatic N) is 4. The molecular formula is C16H14N4O4S. The van der Waals surface area contributed by atoms with Crippen molar-refractivity contribution >= 4 is 23.8 Å². The molecule has 0 spiro atoms. The minimum absolute atomic E-state index is 0.0630. The largest absolute Gasteiger partial charge is 0.497 e. The van der Waals surface area contributed by atoms with Gasteiger partial charge in [0.05, 0.1) is 19.3 Å². The average Bonchev–Trinajstić information content (AvgIpc) is 3.28. The summed E-state index contributed by atoms with van der Waals surface area (Å²) in [6, 6.07) is 7.16. The predicted molar refractivity (Wildman–Crippen MR) is 90.4 cm³/mol. The van der Waals surface area contributed by atoms with E-state index in [1.807, 2.05) is 0 Å². The number of benzene rings is 1. The van der Waals surface area contributed by atoms with Crippen molar-refractivity contribution < 1.29 is 19.1 Å². The minimum Gasteiger partial charge on any atom is -0.497 e. The van der Waals surface area contributed by atoms with Gasteiger partial charge in [0.25, 0.3) is 0 Å². The van der Waals surface area contributed by atoms with E-state index >= 15 is 0 Å². The van der Waals surface area contributed by atoms with Gasteiger partial charge in [-0.1, -0.05) is 4.49 Å². The molecule has 8 nitrogen and oxygen atoms in total. The summed E-state index contributed by atoms with van der Waals surface area (Å²) in [5, 5.41) is 8.61. The van der Waals surface area contributed by atoms with E-state index in [9.17, 15) is 9.59 Å². The number of methoxy groups -OCH3 is 1. The Labute approximate surface area is 147 Å². The quantitative estimate of drug-likeness (QED) is 0.493. The molecule has 0 bridgehead atoms. The van der Waals surface area contributed by atoms with Crippen molar-refractivity contribution in [1.29, 1.82) is 0 Å². The van der Waals surface area contributed by atoms with Crippen LogP contribution in [-0.2, 0) is 4.74 Å². The monoisotopic (exact) mass is 358 g/mol. The van der Waals surface area contributed by atoms with Gasteiger partial charge in [0.2, 0.25) is 5.69 Å². The number of hydrogen-bond acceptors (Lipinski definition) is 8. The molecule has 128 valence electrons. The summed E-state index contributed by atoms with van der Waals surface area (Å²) in [6.07, 6.45) is 2.24. The summed E-state index contributed by atoms with van der Waals surface area (Å²) >= 11 is 0.993. The van der Waals surface area contributed by atoms with Gasteiger partial charge in [-0.15, -0.1) is 5.10 Å². The van der Waals surface area contributed by atoms with Crippen LogP contribution in [0.4, 0.5) is 0 Å². The van der Waals surface area contributed by atoms with E-state index in [-0.39, 0.29) is 12.3 Å². The van der Waals surface area contributed by atoms with Crippen molar-refractivity contribution in [3.8, 4) is 22.0 Å². The number of carbonyl (C=O) groups is 2. The second-order valence-electron chi connectivity index (χ2n) is 4.87. The maximum Gasteiger partial charge on any atom is 0.362 e. The molecular weight excluding hydrogens is 344 g/mol. The molecule has 0 radical (unpaired) electrons. The molecule has 0 saturated heterocycles. The Balaban J connectivity index is 2.03. The Morgan fingerprint density at radius 3 is 2.72 bits per heavy atom. The van der Waals surface area contributed by atoms with Crippen molar-refractivity contribution in [2.75, 3.05) is 13.7 Å². The Hall–Kier alpha value is -3.07. The van der Waals surface area contributed by atoms with Crippen LogP contribution in [0.15, 0.2) is 30.5 Å². The zero-order chi connectivity index (χ0) is 17.8. The van der Waals surface area contributed by atoms with Gasteiger partial charge in [-0.2, -0.15) is 5.10 Å². The van der Waals surface area contributed by atoms with E-state index in [0.717, 1.165) is 17.1 Å². The van der Waals surface area contributed by atoms with Gasteiger partial charge in [-0.25, -0.2) is 9.48 Å². The molecule has 0 amide bonds. The minimum atomic E-state index is -0.583. The highest BCUT2D eigenvalue weighted by atomic mass is 32.1. The van der Waals surface area contributed by atoms with Crippen LogP contribution in [-0.4, -0.2) is 45.3 Å². The van der Waals surface area contributed by atoms with E-state index in [1.165, 1.54) is 10.9 Å². The van der Waals surface area contributed by atoms with Crippen LogP contribution in [0.5, 0.6) is 5.75 Å². The van der Waals surface area contributed by atoms with Gasteiger partial charge in [-0.3, -0.25) is 4.79 Å². The van der Waals surface area contributed by atoms with Gasteiger partial charge in [0, 0.05) is 23.3 Å². The molecule has 1 aromatic carbocycles. The standard InChI is InChI=1S/C16H14N4O4S/c1-3-24-16(22)14-15(25-19-17-14)20-8-11(9-21)13(18-20)10-4-6-12(23-2)7-5-10/h4-9H,3H2,1-2H3. The molecule has 0 atom stereocenters. The van der Waals surface area contributed by atoms with E-state index in [4.69, 9.17) is 9.47 Å². The number of carbonyl (C=O) groups excluding carboxylic acids is 2. The fourth-order valence-electron chi connectivity index (χ4n) is 2.21. The first kappa shape index (κ1) is 16.8. The third kappa shape index (κ3) is 3.26. The van der Waals surface area contributed by atoms with Crippen LogP contribution in [0.1, 0.15) is 27.8 Å². The van der Waals surface area contributed by atoms with Crippen LogP contribution < -0.4 is 4.74 Å². The predicted octanol–water partition coefficient (Wildman–Crippen LogP) is 2.39. The lowest BCUT2D eigenvalue weighted by Crippen LogP contribution is -2.09. The van der Waals surface area contributed by atoms with Crippen molar-refractivity contribution in [3.05, 3.63) is 41.7 Å². The normalized spacial score (nSPS) is 10.5. The molecule has 2 aromatic heterocycles. The number of hydrogen-bond donors (Lipinski definition) is 0. The lowest BCUT2D eigenvalue weighted by Gasteiger charge is -2.02. The lowest BCUT2D eigenvalue weighted by atomic mass is 10.1. The first-order valence-corrected chi connectivity index (χ1v) is 8.14. The number of aromatic nitrogens is 4. The van der Waals surface area contributed by atoms with Crippen molar-refractivity contribution in [2.24, 2.45) is 0 Å². The van der Waals surface area contributed by atoms with Crippen LogP contribution in [0.2, 0.25) is 0 Å². The molecule has 9 heteroatoms.